The molecule has 1 rings (SSSR count). The second-order valence-electron chi connectivity index (χ2n) is 4.86. The van der Waals surface area contributed by atoms with E-state index in [1.165, 1.54) is 0 Å². The molecule has 1 unspecified atom stereocenters. The van der Waals surface area contributed by atoms with Gasteiger partial charge < -0.3 is 0 Å². The molecule has 1 saturated carbocycles. The van der Waals surface area contributed by atoms with Gasteiger partial charge in [-0.1, -0.05) is 13.8 Å². The molecule has 16 heavy (non-hydrogen) atoms. The van der Waals surface area contributed by atoms with Crippen LogP contribution in [-0.2, 0) is 10.8 Å². The van der Waals surface area contributed by atoms with Gasteiger partial charge in [-0.2, -0.15) is 13.2 Å². The van der Waals surface area contributed by atoms with E-state index in [0.717, 1.165) is 0 Å². The maximum atomic E-state index is 12.4. The van der Waals surface area contributed by atoms with Gasteiger partial charge in [0.2, 0.25) is 0 Å². The topological polar surface area (TPSA) is 17.1 Å². The third kappa shape index (κ3) is 4.07. The highest BCUT2D eigenvalue weighted by Crippen LogP contribution is 2.39. The summed E-state index contributed by atoms with van der Waals surface area (Å²) in [7, 11) is -0.883. The van der Waals surface area contributed by atoms with Crippen LogP contribution in [0.15, 0.2) is 0 Å². The van der Waals surface area contributed by atoms with Gasteiger partial charge in [0.1, 0.15) is 0 Å². The Hall–Kier alpha value is -0.0600. The number of halogens is 3. The molecule has 0 aliphatic heterocycles. The van der Waals surface area contributed by atoms with Crippen molar-refractivity contribution in [3.8, 4) is 0 Å². The van der Waals surface area contributed by atoms with Crippen molar-refractivity contribution >= 4 is 10.8 Å². The fourth-order valence-electron chi connectivity index (χ4n) is 2.08. The van der Waals surface area contributed by atoms with Crippen LogP contribution in [-0.4, -0.2) is 21.4 Å². The summed E-state index contributed by atoms with van der Waals surface area (Å²) < 4.78 is 48.8. The number of rotatable bonds is 3. The average molecular weight is 256 g/mol. The van der Waals surface area contributed by atoms with E-state index in [9.17, 15) is 17.4 Å². The summed E-state index contributed by atoms with van der Waals surface area (Å²) >= 11 is 0. The van der Waals surface area contributed by atoms with E-state index in [1.54, 1.807) is 0 Å². The molecule has 1 aliphatic rings. The Labute approximate surface area is 97.3 Å². The zero-order chi connectivity index (χ0) is 12.3. The predicted octanol–water partition coefficient (Wildman–Crippen LogP) is 3.51. The molecule has 1 fully saturated rings. The fourth-order valence-corrected chi connectivity index (χ4v) is 3.26. The predicted molar refractivity (Wildman–Crippen MR) is 59.6 cm³/mol. The van der Waals surface area contributed by atoms with Gasteiger partial charge in [-0.25, -0.2) is 0 Å². The lowest BCUT2D eigenvalue weighted by molar-refractivity contribution is -0.183. The Balaban J connectivity index is 2.35. The number of hydrogen-bond donors (Lipinski definition) is 0. The molecule has 0 aromatic rings. The molecule has 1 aliphatic carbocycles. The molecule has 1 nitrogen and oxygen atoms in total. The van der Waals surface area contributed by atoms with Crippen LogP contribution in [0.25, 0.3) is 0 Å². The average Bonchev–Trinajstić information content (AvgIpc) is 2.17. The van der Waals surface area contributed by atoms with Crippen LogP contribution in [0, 0.1) is 11.8 Å². The summed E-state index contributed by atoms with van der Waals surface area (Å²) in [6.07, 6.45) is -2.47. The third-order valence-corrected chi connectivity index (χ3v) is 5.09. The minimum absolute atomic E-state index is 0.111. The molecular formula is C11H19F3OS. The van der Waals surface area contributed by atoms with Crippen LogP contribution < -0.4 is 0 Å². The Morgan fingerprint density at radius 2 is 1.69 bits per heavy atom. The molecule has 1 atom stereocenters. The maximum absolute atomic E-state index is 12.4. The summed E-state index contributed by atoms with van der Waals surface area (Å²) in [4.78, 5) is 0. The first-order chi connectivity index (χ1) is 7.30. The zero-order valence-electron chi connectivity index (χ0n) is 9.72. The van der Waals surface area contributed by atoms with E-state index < -0.39 is 22.9 Å². The van der Waals surface area contributed by atoms with Crippen LogP contribution >= 0.6 is 0 Å². The molecule has 0 radical (unpaired) electrons. The van der Waals surface area contributed by atoms with Crippen molar-refractivity contribution in [2.45, 2.75) is 51.0 Å². The highest BCUT2D eigenvalue weighted by atomic mass is 32.2. The lowest BCUT2D eigenvalue weighted by Gasteiger charge is -2.29. The second kappa shape index (κ2) is 5.52. The summed E-state index contributed by atoms with van der Waals surface area (Å²) in [5.41, 5.74) is 0. The first kappa shape index (κ1) is 14.0. The van der Waals surface area contributed by atoms with Crippen LogP contribution in [0.3, 0.4) is 0 Å². The zero-order valence-corrected chi connectivity index (χ0v) is 10.5. The molecule has 0 bridgehead atoms. The summed E-state index contributed by atoms with van der Waals surface area (Å²) in [5, 5.41) is 0.111. The van der Waals surface area contributed by atoms with Gasteiger partial charge in [-0.05, 0) is 31.6 Å². The van der Waals surface area contributed by atoms with Crippen molar-refractivity contribution in [3.63, 3.8) is 0 Å². The van der Waals surface area contributed by atoms with Gasteiger partial charge in [0, 0.05) is 21.8 Å². The monoisotopic (exact) mass is 256 g/mol. The first-order valence-corrected chi connectivity index (χ1v) is 7.12. The van der Waals surface area contributed by atoms with Gasteiger partial charge in [0.15, 0.2) is 0 Å². The van der Waals surface area contributed by atoms with Gasteiger partial charge in [0.25, 0.3) is 0 Å². The second-order valence-corrected chi connectivity index (χ2v) is 6.89. The van der Waals surface area contributed by atoms with E-state index in [0.29, 0.717) is 18.6 Å². The van der Waals surface area contributed by atoms with Crippen molar-refractivity contribution in [3.05, 3.63) is 0 Å². The molecule has 96 valence electrons. The Morgan fingerprint density at radius 1 is 1.19 bits per heavy atom. The molecule has 0 heterocycles. The normalized spacial score (nSPS) is 29.4. The molecule has 0 aromatic heterocycles. The molecule has 0 saturated heterocycles. The van der Waals surface area contributed by atoms with Crippen molar-refractivity contribution in [1.29, 1.82) is 0 Å². The maximum Gasteiger partial charge on any atom is 0.391 e. The molecule has 5 heteroatoms. The van der Waals surface area contributed by atoms with Gasteiger partial charge in [-0.3, -0.25) is 4.21 Å². The number of alkyl halides is 3. The summed E-state index contributed by atoms with van der Waals surface area (Å²) in [6, 6.07) is 0. The van der Waals surface area contributed by atoms with E-state index in [-0.39, 0.29) is 24.0 Å². The van der Waals surface area contributed by atoms with Crippen LogP contribution in [0.2, 0.25) is 0 Å². The van der Waals surface area contributed by atoms with Crippen molar-refractivity contribution in [2.75, 3.05) is 5.75 Å². The standard InChI is InChI=1S/C11H19F3OS/c1-8(2)16(15)7-9-3-5-10(6-4-9)11(12,13)14/h8-10H,3-7H2,1-2H3. The van der Waals surface area contributed by atoms with Crippen molar-refractivity contribution in [1.82, 2.24) is 0 Å². The summed E-state index contributed by atoms with van der Waals surface area (Å²) in [6.45, 7) is 3.77. The van der Waals surface area contributed by atoms with Crippen LogP contribution in [0.1, 0.15) is 39.5 Å². The smallest absolute Gasteiger partial charge is 0.259 e. The quantitative estimate of drug-likeness (QED) is 0.755. The van der Waals surface area contributed by atoms with Gasteiger partial charge in [0.05, 0.1) is 5.92 Å². The molecule has 0 aromatic carbocycles. The molecule has 0 N–H and O–H groups in total. The molecule has 0 amide bonds. The lowest BCUT2D eigenvalue weighted by atomic mass is 9.82. The van der Waals surface area contributed by atoms with Crippen LogP contribution in [0.5, 0.6) is 0 Å². The van der Waals surface area contributed by atoms with Gasteiger partial charge in [-0.15, -0.1) is 0 Å². The fraction of sp³-hybridized carbons (Fsp3) is 1.00. The van der Waals surface area contributed by atoms with Crippen molar-refractivity contribution < 1.29 is 17.4 Å². The minimum Gasteiger partial charge on any atom is -0.259 e. The summed E-state index contributed by atoms with van der Waals surface area (Å²) in [5.74, 6) is -0.333. The highest BCUT2D eigenvalue weighted by Gasteiger charge is 2.41. The largest absolute Gasteiger partial charge is 0.391 e. The Morgan fingerprint density at radius 3 is 2.06 bits per heavy atom. The van der Waals surface area contributed by atoms with E-state index >= 15 is 0 Å². The van der Waals surface area contributed by atoms with E-state index in [1.807, 2.05) is 13.8 Å². The lowest BCUT2D eigenvalue weighted by Crippen LogP contribution is -2.30. The Bertz CT molecular complexity index is 242. The highest BCUT2D eigenvalue weighted by molar-refractivity contribution is 7.85. The molecule has 0 spiro atoms. The van der Waals surface area contributed by atoms with E-state index in [4.69, 9.17) is 0 Å². The third-order valence-electron chi connectivity index (χ3n) is 3.24. The van der Waals surface area contributed by atoms with Crippen molar-refractivity contribution in [2.24, 2.45) is 11.8 Å². The molecular weight excluding hydrogens is 237 g/mol. The van der Waals surface area contributed by atoms with Gasteiger partial charge >= 0.3 is 6.18 Å². The SMILES string of the molecule is CC(C)S(=O)CC1CCC(C(F)(F)F)CC1. The van der Waals surface area contributed by atoms with Crippen LogP contribution in [0.4, 0.5) is 13.2 Å². The first-order valence-electron chi connectivity index (χ1n) is 5.74. The minimum atomic E-state index is -4.04. The van der Waals surface area contributed by atoms with E-state index in [2.05, 4.69) is 0 Å². The number of hydrogen-bond acceptors (Lipinski definition) is 1. The Kier molecular flexibility index (Phi) is 4.83.